The van der Waals surface area contributed by atoms with Crippen molar-refractivity contribution >= 4 is 17.3 Å². The molecule has 1 heterocycles. The molecule has 0 spiro atoms. The second-order valence-corrected chi connectivity index (χ2v) is 4.87. The maximum absolute atomic E-state index is 11.1. The van der Waals surface area contributed by atoms with Gasteiger partial charge in [0, 0.05) is 24.5 Å². The molecule has 0 aromatic heterocycles. The van der Waals surface area contributed by atoms with Crippen molar-refractivity contribution in [2.45, 2.75) is 19.9 Å². The molecule has 0 saturated carbocycles. The van der Waals surface area contributed by atoms with Crippen molar-refractivity contribution in [1.29, 1.82) is 0 Å². The largest absolute Gasteiger partial charge is 0.378 e. The molecule has 2 rings (SSSR count). The van der Waals surface area contributed by atoms with Gasteiger partial charge >= 0.3 is 0 Å². The molecule has 1 saturated heterocycles. The van der Waals surface area contributed by atoms with E-state index >= 15 is 0 Å². The minimum atomic E-state index is -0.368. The molecule has 104 valence electrons. The van der Waals surface area contributed by atoms with Gasteiger partial charge in [0.25, 0.3) is 0 Å². The summed E-state index contributed by atoms with van der Waals surface area (Å²) in [5.41, 5.74) is 8.51. The highest BCUT2D eigenvalue weighted by Gasteiger charge is 2.13. The minimum Gasteiger partial charge on any atom is -0.378 e. The quantitative estimate of drug-likeness (QED) is 0.854. The number of carbonyl (C=O) groups excluding carboxylic acids is 1. The Balaban J connectivity index is 2.10. The third-order valence-corrected chi connectivity index (χ3v) is 3.39. The lowest BCUT2D eigenvalue weighted by Crippen LogP contribution is -2.36. The van der Waals surface area contributed by atoms with E-state index in [1.54, 1.807) is 6.92 Å². The zero-order chi connectivity index (χ0) is 13.8. The Labute approximate surface area is 113 Å². The fourth-order valence-electron chi connectivity index (χ4n) is 2.13. The average molecular weight is 263 g/mol. The lowest BCUT2D eigenvalue weighted by atomic mass is 10.1. The molecule has 0 bridgehead atoms. The van der Waals surface area contributed by atoms with E-state index in [2.05, 4.69) is 22.3 Å². The summed E-state index contributed by atoms with van der Waals surface area (Å²) in [6.07, 6.45) is 0. The monoisotopic (exact) mass is 263 g/mol. The summed E-state index contributed by atoms with van der Waals surface area (Å²) in [4.78, 5) is 13.4. The topological polar surface area (TPSA) is 67.6 Å². The second kappa shape index (κ2) is 5.93. The number of nitrogens with two attached hydrogens (primary N) is 1. The first-order chi connectivity index (χ1) is 9.08. The fourth-order valence-corrected chi connectivity index (χ4v) is 2.13. The highest BCUT2D eigenvalue weighted by atomic mass is 16.5. The Morgan fingerprint density at radius 2 is 2.11 bits per heavy atom. The first-order valence-corrected chi connectivity index (χ1v) is 6.57. The van der Waals surface area contributed by atoms with Crippen LogP contribution < -0.4 is 16.0 Å². The Morgan fingerprint density at radius 3 is 2.68 bits per heavy atom. The van der Waals surface area contributed by atoms with Crippen LogP contribution in [0, 0.1) is 6.92 Å². The number of hydrogen-bond donors (Lipinski definition) is 2. The number of benzene rings is 1. The molecule has 5 nitrogen and oxygen atoms in total. The molecule has 5 heteroatoms. The number of anilines is 2. The Kier molecular flexibility index (Phi) is 4.27. The van der Waals surface area contributed by atoms with Crippen LogP contribution in [0.5, 0.6) is 0 Å². The van der Waals surface area contributed by atoms with Crippen LogP contribution in [0.4, 0.5) is 11.4 Å². The maximum Gasteiger partial charge on any atom is 0.239 e. The first-order valence-electron chi connectivity index (χ1n) is 6.57. The van der Waals surface area contributed by atoms with Gasteiger partial charge in [-0.25, -0.2) is 0 Å². The molecule has 1 aromatic rings. The predicted octanol–water partition coefficient (Wildman–Crippen LogP) is 1.12. The van der Waals surface area contributed by atoms with E-state index in [4.69, 9.17) is 10.5 Å². The number of carbonyl (C=O) groups is 1. The number of amides is 1. The third-order valence-electron chi connectivity index (χ3n) is 3.39. The summed E-state index contributed by atoms with van der Waals surface area (Å²) in [6, 6.07) is 5.82. The zero-order valence-electron chi connectivity index (χ0n) is 11.5. The van der Waals surface area contributed by atoms with E-state index in [9.17, 15) is 4.79 Å². The lowest BCUT2D eigenvalue weighted by Gasteiger charge is -2.29. The lowest BCUT2D eigenvalue weighted by molar-refractivity contribution is -0.118. The van der Waals surface area contributed by atoms with Crippen molar-refractivity contribution in [1.82, 2.24) is 0 Å². The van der Waals surface area contributed by atoms with E-state index in [0.717, 1.165) is 37.6 Å². The van der Waals surface area contributed by atoms with E-state index in [0.29, 0.717) is 0 Å². The highest BCUT2D eigenvalue weighted by Crippen LogP contribution is 2.23. The Morgan fingerprint density at radius 1 is 1.42 bits per heavy atom. The molecule has 19 heavy (non-hydrogen) atoms. The summed E-state index contributed by atoms with van der Waals surface area (Å²) in [7, 11) is 0. The zero-order valence-corrected chi connectivity index (χ0v) is 11.5. The van der Waals surface area contributed by atoms with Gasteiger partial charge in [-0.05, 0) is 37.6 Å². The number of nitrogens with one attached hydrogen (secondary N) is 1. The summed E-state index contributed by atoms with van der Waals surface area (Å²) in [5, 5.41) is 3.12. The smallest absolute Gasteiger partial charge is 0.239 e. The van der Waals surface area contributed by atoms with Crippen molar-refractivity contribution in [3.8, 4) is 0 Å². The first kappa shape index (κ1) is 13.7. The van der Waals surface area contributed by atoms with Crippen molar-refractivity contribution in [3.63, 3.8) is 0 Å². The van der Waals surface area contributed by atoms with Gasteiger partial charge in [-0.15, -0.1) is 0 Å². The van der Waals surface area contributed by atoms with Crippen molar-refractivity contribution < 1.29 is 9.53 Å². The van der Waals surface area contributed by atoms with Crippen LogP contribution in [-0.4, -0.2) is 38.3 Å². The number of aryl methyl sites for hydroxylation is 1. The standard InChI is InChI=1S/C14H21N3O2/c1-10-9-12(17-5-7-19-8-6-17)3-4-13(10)16-11(2)14(15)18/h3-4,9,11,16H,5-8H2,1-2H3,(H2,15,18)/t11-/m0/s1. The average Bonchev–Trinajstić information content (AvgIpc) is 2.41. The third kappa shape index (κ3) is 3.38. The number of hydrogen-bond acceptors (Lipinski definition) is 4. The van der Waals surface area contributed by atoms with Gasteiger partial charge in [-0.3, -0.25) is 4.79 Å². The summed E-state index contributed by atoms with van der Waals surface area (Å²) < 4.78 is 5.35. The van der Waals surface area contributed by atoms with Crippen LogP contribution >= 0.6 is 0 Å². The molecular weight excluding hydrogens is 242 g/mol. The van der Waals surface area contributed by atoms with E-state index < -0.39 is 0 Å². The van der Waals surface area contributed by atoms with E-state index in [1.807, 2.05) is 13.0 Å². The number of ether oxygens (including phenoxy) is 1. The van der Waals surface area contributed by atoms with Gasteiger partial charge in [-0.2, -0.15) is 0 Å². The van der Waals surface area contributed by atoms with Gasteiger partial charge in [0.2, 0.25) is 5.91 Å². The van der Waals surface area contributed by atoms with Gasteiger partial charge < -0.3 is 20.7 Å². The van der Waals surface area contributed by atoms with Gasteiger partial charge in [-0.1, -0.05) is 0 Å². The van der Waals surface area contributed by atoms with Crippen LogP contribution in [0.3, 0.4) is 0 Å². The second-order valence-electron chi connectivity index (χ2n) is 4.87. The molecule has 1 amide bonds. The summed E-state index contributed by atoms with van der Waals surface area (Å²) >= 11 is 0. The summed E-state index contributed by atoms with van der Waals surface area (Å²) in [6.45, 7) is 7.18. The van der Waals surface area contributed by atoms with Crippen LogP contribution in [0.1, 0.15) is 12.5 Å². The minimum absolute atomic E-state index is 0.350. The van der Waals surface area contributed by atoms with Crippen LogP contribution in [-0.2, 0) is 9.53 Å². The van der Waals surface area contributed by atoms with Crippen molar-refractivity contribution in [2.24, 2.45) is 5.73 Å². The van der Waals surface area contributed by atoms with Gasteiger partial charge in [0.1, 0.15) is 6.04 Å². The molecule has 1 aliphatic rings. The Hall–Kier alpha value is -1.75. The van der Waals surface area contributed by atoms with Gasteiger partial charge in [0.05, 0.1) is 13.2 Å². The fraction of sp³-hybridized carbons (Fsp3) is 0.500. The molecule has 3 N–H and O–H groups in total. The molecule has 1 atom stereocenters. The number of rotatable bonds is 4. The number of nitrogens with zero attached hydrogens (tertiary/aromatic N) is 1. The maximum atomic E-state index is 11.1. The van der Waals surface area contributed by atoms with Gasteiger partial charge in [0.15, 0.2) is 0 Å². The predicted molar refractivity (Wildman–Crippen MR) is 76.5 cm³/mol. The molecule has 1 fully saturated rings. The van der Waals surface area contributed by atoms with Crippen molar-refractivity contribution in [2.75, 3.05) is 36.5 Å². The Bertz CT molecular complexity index is 456. The SMILES string of the molecule is Cc1cc(N2CCOCC2)ccc1N[C@@H](C)C(N)=O. The molecule has 1 aromatic carbocycles. The highest BCUT2D eigenvalue weighted by molar-refractivity contribution is 5.82. The summed E-state index contributed by atoms with van der Waals surface area (Å²) in [5.74, 6) is -0.350. The van der Waals surface area contributed by atoms with Crippen LogP contribution in [0.15, 0.2) is 18.2 Å². The number of primary amides is 1. The van der Waals surface area contributed by atoms with Crippen molar-refractivity contribution in [3.05, 3.63) is 23.8 Å². The molecule has 0 radical (unpaired) electrons. The van der Waals surface area contributed by atoms with E-state index in [-0.39, 0.29) is 11.9 Å². The molecule has 1 aliphatic heterocycles. The van der Waals surface area contributed by atoms with Crippen LogP contribution in [0.2, 0.25) is 0 Å². The van der Waals surface area contributed by atoms with E-state index in [1.165, 1.54) is 5.69 Å². The molecular formula is C14H21N3O2. The molecule has 0 aliphatic carbocycles. The normalized spacial score (nSPS) is 17.1. The number of morpholine rings is 1. The van der Waals surface area contributed by atoms with Crippen LogP contribution in [0.25, 0.3) is 0 Å². The molecule has 0 unspecified atom stereocenters.